The van der Waals surface area contributed by atoms with Gasteiger partial charge in [-0.2, -0.15) is 0 Å². The Balaban J connectivity index is 1.78. The zero-order valence-corrected chi connectivity index (χ0v) is 15.2. The number of likely N-dealkylation sites (tertiary alicyclic amines) is 1. The molecule has 1 aliphatic heterocycles. The van der Waals surface area contributed by atoms with Crippen LogP contribution in [0.15, 0.2) is 18.2 Å². The minimum absolute atomic E-state index is 0.0671. The number of methoxy groups -OCH3 is 1. The summed E-state index contributed by atoms with van der Waals surface area (Å²) < 4.78 is 5.15. The van der Waals surface area contributed by atoms with Crippen molar-refractivity contribution in [1.29, 1.82) is 0 Å². The van der Waals surface area contributed by atoms with Crippen LogP contribution in [0.3, 0.4) is 0 Å². The van der Waals surface area contributed by atoms with Gasteiger partial charge >= 0.3 is 12.0 Å². The summed E-state index contributed by atoms with van der Waals surface area (Å²) in [5.41, 5.74) is 0.455. The second-order valence-corrected chi connectivity index (χ2v) is 6.43. The van der Waals surface area contributed by atoms with Crippen molar-refractivity contribution in [1.82, 2.24) is 10.2 Å². The molecule has 3 N–H and O–H groups in total. The summed E-state index contributed by atoms with van der Waals surface area (Å²) in [5.74, 6) is -1.24. The Morgan fingerprint density at radius 3 is 2.85 bits per heavy atom. The molecule has 3 amide bonds. The summed E-state index contributed by atoms with van der Waals surface area (Å²) in [7, 11) is 1.49. The van der Waals surface area contributed by atoms with Gasteiger partial charge in [-0.05, 0) is 31.0 Å². The van der Waals surface area contributed by atoms with E-state index in [9.17, 15) is 14.4 Å². The van der Waals surface area contributed by atoms with Crippen LogP contribution in [0.4, 0.5) is 10.5 Å². The molecule has 1 aliphatic rings. The molecule has 1 atom stereocenters. The maximum Gasteiger partial charge on any atom is 0.317 e. The number of hydrogen-bond acceptors (Lipinski definition) is 4. The van der Waals surface area contributed by atoms with Crippen LogP contribution in [0.25, 0.3) is 0 Å². The normalized spacial score (nSPS) is 16.7. The smallest absolute Gasteiger partial charge is 0.317 e. The molecule has 0 spiro atoms. The highest BCUT2D eigenvalue weighted by Crippen LogP contribution is 2.27. The number of aliphatic carboxylic acids is 1. The highest BCUT2D eigenvalue weighted by Gasteiger charge is 2.27. The second kappa shape index (κ2) is 9.28. The lowest BCUT2D eigenvalue weighted by atomic mass is 9.99. The van der Waals surface area contributed by atoms with Crippen molar-refractivity contribution in [3.63, 3.8) is 0 Å². The number of carbonyl (C=O) groups is 3. The van der Waals surface area contributed by atoms with Crippen LogP contribution in [0, 0.1) is 5.92 Å². The Bertz CT molecular complexity index is 682. The number of hydrogen-bond donors (Lipinski definition) is 3. The first-order valence-electron chi connectivity index (χ1n) is 8.29. The van der Waals surface area contributed by atoms with Crippen molar-refractivity contribution in [3.8, 4) is 5.75 Å². The molecule has 0 radical (unpaired) electrons. The van der Waals surface area contributed by atoms with Gasteiger partial charge in [0.15, 0.2) is 0 Å². The first kappa shape index (κ1) is 19.8. The van der Waals surface area contributed by atoms with Crippen LogP contribution < -0.4 is 15.4 Å². The third-order valence-corrected chi connectivity index (χ3v) is 4.36. The minimum atomic E-state index is -0.891. The number of carbonyl (C=O) groups excluding carboxylic acids is 2. The number of halogens is 1. The van der Waals surface area contributed by atoms with Crippen LogP contribution in [-0.2, 0) is 9.59 Å². The van der Waals surface area contributed by atoms with Gasteiger partial charge in [0.2, 0.25) is 5.91 Å². The second-order valence-electron chi connectivity index (χ2n) is 6.00. The van der Waals surface area contributed by atoms with Crippen LogP contribution in [0.1, 0.15) is 19.3 Å². The number of piperidine rings is 1. The average Bonchev–Trinajstić information content (AvgIpc) is 2.62. The molecule has 8 nitrogen and oxygen atoms in total. The summed E-state index contributed by atoms with van der Waals surface area (Å²) >= 11 is 5.91. The summed E-state index contributed by atoms with van der Waals surface area (Å²) in [6, 6.07) is 4.52. The maximum atomic E-state index is 12.1. The minimum Gasteiger partial charge on any atom is -0.495 e. The van der Waals surface area contributed by atoms with E-state index in [1.54, 1.807) is 18.2 Å². The van der Waals surface area contributed by atoms with E-state index in [1.165, 1.54) is 12.0 Å². The van der Waals surface area contributed by atoms with E-state index in [1.807, 2.05) is 0 Å². The van der Waals surface area contributed by atoms with Gasteiger partial charge in [-0.1, -0.05) is 11.6 Å². The number of rotatable bonds is 6. The van der Waals surface area contributed by atoms with E-state index in [0.717, 1.165) is 0 Å². The Morgan fingerprint density at radius 2 is 2.15 bits per heavy atom. The molecule has 0 aliphatic carbocycles. The number of nitrogens with zero attached hydrogens (tertiary/aromatic N) is 1. The van der Waals surface area contributed by atoms with Crippen LogP contribution in [0.2, 0.25) is 5.02 Å². The van der Waals surface area contributed by atoms with Crippen molar-refractivity contribution in [2.45, 2.75) is 19.3 Å². The zero-order valence-electron chi connectivity index (χ0n) is 14.5. The summed E-state index contributed by atoms with van der Waals surface area (Å²) in [6.07, 6.45) is 1.29. The highest BCUT2D eigenvalue weighted by atomic mass is 35.5. The molecular formula is C17H22ClN3O5. The van der Waals surface area contributed by atoms with Crippen molar-refractivity contribution < 1.29 is 24.2 Å². The molecule has 0 bridgehead atoms. The Morgan fingerprint density at radius 1 is 1.38 bits per heavy atom. The quantitative estimate of drug-likeness (QED) is 0.697. The van der Waals surface area contributed by atoms with E-state index in [-0.39, 0.29) is 31.4 Å². The summed E-state index contributed by atoms with van der Waals surface area (Å²) in [6.45, 7) is 0.844. The molecule has 1 heterocycles. The average molecular weight is 384 g/mol. The third-order valence-electron chi connectivity index (χ3n) is 4.12. The van der Waals surface area contributed by atoms with Crippen LogP contribution in [0.5, 0.6) is 5.75 Å². The number of ether oxygens (including phenoxy) is 1. The van der Waals surface area contributed by atoms with E-state index >= 15 is 0 Å². The van der Waals surface area contributed by atoms with Crippen LogP contribution >= 0.6 is 11.6 Å². The number of benzene rings is 1. The predicted molar refractivity (Wildman–Crippen MR) is 96.6 cm³/mol. The van der Waals surface area contributed by atoms with E-state index in [4.69, 9.17) is 21.4 Å². The SMILES string of the molecule is COc1ccc(Cl)cc1NC(=O)CCNC(=O)N1CCCC(C(=O)O)C1. The fourth-order valence-electron chi connectivity index (χ4n) is 2.75. The number of amides is 3. The molecule has 0 saturated carbocycles. The fourth-order valence-corrected chi connectivity index (χ4v) is 2.92. The molecule has 26 heavy (non-hydrogen) atoms. The Kier molecular flexibility index (Phi) is 7.08. The molecular weight excluding hydrogens is 362 g/mol. The third kappa shape index (κ3) is 5.52. The topological polar surface area (TPSA) is 108 Å². The Labute approximate surface area is 156 Å². The largest absolute Gasteiger partial charge is 0.495 e. The monoisotopic (exact) mass is 383 g/mol. The molecule has 1 aromatic carbocycles. The molecule has 1 aromatic rings. The van der Waals surface area contributed by atoms with Crippen molar-refractivity contribution in [2.24, 2.45) is 5.92 Å². The van der Waals surface area contributed by atoms with Gasteiger partial charge in [0.25, 0.3) is 0 Å². The molecule has 0 aromatic heterocycles. The van der Waals surface area contributed by atoms with E-state index in [2.05, 4.69) is 10.6 Å². The lowest BCUT2D eigenvalue weighted by Gasteiger charge is -2.30. The molecule has 1 fully saturated rings. The molecule has 1 unspecified atom stereocenters. The highest BCUT2D eigenvalue weighted by molar-refractivity contribution is 6.31. The number of carboxylic acid groups (broad SMARTS) is 1. The zero-order chi connectivity index (χ0) is 19.1. The summed E-state index contributed by atoms with van der Waals surface area (Å²) in [5, 5.41) is 14.9. The molecule has 142 valence electrons. The first-order chi connectivity index (χ1) is 12.4. The van der Waals surface area contributed by atoms with Gasteiger partial charge in [-0.3, -0.25) is 9.59 Å². The number of carboxylic acids is 1. The van der Waals surface area contributed by atoms with Gasteiger partial charge in [0, 0.05) is 31.1 Å². The molecule has 1 saturated heterocycles. The number of anilines is 1. The first-order valence-corrected chi connectivity index (χ1v) is 8.67. The van der Waals surface area contributed by atoms with Crippen molar-refractivity contribution >= 4 is 35.2 Å². The van der Waals surface area contributed by atoms with Crippen molar-refractivity contribution in [3.05, 3.63) is 23.2 Å². The van der Waals surface area contributed by atoms with E-state index in [0.29, 0.717) is 35.8 Å². The van der Waals surface area contributed by atoms with Gasteiger partial charge in [-0.15, -0.1) is 0 Å². The lowest BCUT2D eigenvalue weighted by molar-refractivity contribution is -0.143. The lowest BCUT2D eigenvalue weighted by Crippen LogP contribution is -2.47. The molecule has 9 heteroatoms. The van der Waals surface area contributed by atoms with Crippen LogP contribution in [-0.4, -0.2) is 54.7 Å². The number of nitrogens with one attached hydrogen (secondary N) is 2. The van der Waals surface area contributed by atoms with E-state index < -0.39 is 11.9 Å². The standard InChI is InChI=1S/C17H22ClN3O5/c1-26-14-5-4-12(18)9-13(14)20-15(22)6-7-19-17(25)21-8-2-3-11(10-21)16(23)24/h4-5,9,11H,2-3,6-8,10H2,1H3,(H,19,25)(H,20,22)(H,23,24). The predicted octanol–water partition coefficient (Wildman–Crippen LogP) is 2.18. The van der Waals surface area contributed by atoms with Gasteiger partial charge < -0.3 is 25.4 Å². The molecule has 2 rings (SSSR count). The maximum absolute atomic E-state index is 12.1. The fraction of sp³-hybridized carbons (Fsp3) is 0.471. The number of urea groups is 1. The van der Waals surface area contributed by atoms with Crippen molar-refractivity contribution in [2.75, 3.05) is 32.1 Å². The summed E-state index contributed by atoms with van der Waals surface area (Å²) in [4.78, 5) is 36.7. The Hall–Kier alpha value is -2.48. The van der Waals surface area contributed by atoms with Gasteiger partial charge in [0.05, 0.1) is 18.7 Å². The van der Waals surface area contributed by atoms with Gasteiger partial charge in [0.1, 0.15) is 5.75 Å². The van der Waals surface area contributed by atoms with Gasteiger partial charge in [-0.25, -0.2) is 4.79 Å².